The summed E-state index contributed by atoms with van der Waals surface area (Å²) in [6.45, 7) is 9.31. The zero-order valence-corrected chi connectivity index (χ0v) is 14.2. The van der Waals surface area contributed by atoms with Gasteiger partial charge in [0.05, 0.1) is 4.90 Å². The standard InChI is InChI=1S/C16H26FNO2S/c1-13(2)9-11-18(12-10-14(3)4)21(19,20)16-7-5-15(17)6-8-16/h5-8,13-14H,9-12H2,1-4H3. The van der Waals surface area contributed by atoms with Crippen molar-refractivity contribution in [2.75, 3.05) is 13.1 Å². The third-order valence-electron chi connectivity index (χ3n) is 3.36. The van der Waals surface area contributed by atoms with Gasteiger partial charge in [0.1, 0.15) is 5.82 Å². The molecule has 0 aromatic heterocycles. The Balaban J connectivity index is 2.95. The lowest BCUT2D eigenvalue weighted by molar-refractivity contribution is 0.357. The van der Waals surface area contributed by atoms with Crippen molar-refractivity contribution in [1.29, 1.82) is 0 Å². The van der Waals surface area contributed by atoms with Crippen LogP contribution in [0.4, 0.5) is 4.39 Å². The molecule has 5 heteroatoms. The largest absolute Gasteiger partial charge is 0.243 e. The van der Waals surface area contributed by atoms with E-state index in [0.717, 1.165) is 12.8 Å². The van der Waals surface area contributed by atoms with Crippen molar-refractivity contribution in [1.82, 2.24) is 4.31 Å². The number of hydrogen-bond acceptors (Lipinski definition) is 2. The Morgan fingerprint density at radius 1 is 0.952 bits per heavy atom. The normalized spacial score (nSPS) is 12.6. The first-order chi connectivity index (χ1) is 9.73. The van der Waals surface area contributed by atoms with Crippen LogP contribution in [0.1, 0.15) is 40.5 Å². The summed E-state index contributed by atoms with van der Waals surface area (Å²) < 4.78 is 39.8. The van der Waals surface area contributed by atoms with Gasteiger partial charge in [-0.15, -0.1) is 0 Å². The van der Waals surface area contributed by atoms with Gasteiger partial charge < -0.3 is 0 Å². The SMILES string of the molecule is CC(C)CCN(CCC(C)C)S(=O)(=O)c1ccc(F)cc1. The Morgan fingerprint density at radius 3 is 1.76 bits per heavy atom. The van der Waals surface area contributed by atoms with E-state index in [4.69, 9.17) is 0 Å². The number of benzene rings is 1. The molecular weight excluding hydrogens is 289 g/mol. The maximum absolute atomic E-state index is 13.0. The summed E-state index contributed by atoms with van der Waals surface area (Å²) in [7, 11) is -3.54. The molecule has 1 aromatic rings. The third kappa shape index (κ3) is 5.75. The van der Waals surface area contributed by atoms with Gasteiger partial charge in [-0.3, -0.25) is 0 Å². The predicted molar refractivity (Wildman–Crippen MR) is 84.1 cm³/mol. The lowest BCUT2D eigenvalue weighted by Crippen LogP contribution is -2.34. The van der Waals surface area contributed by atoms with Gasteiger partial charge in [0.15, 0.2) is 0 Å². The molecular formula is C16H26FNO2S. The average molecular weight is 315 g/mol. The first-order valence-corrected chi connectivity index (χ1v) is 8.93. The maximum Gasteiger partial charge on any atom is 0.243 e. The minimum atomic E-state index is -3.54. The Bertz CT molecular complexity index is 512. The van der Waals surface area contributed by atoms with Crippen LogP contribution in [-0.2, 0) is 10.0 Å². The molecule has 0 fully saturated rings. The van der Waals surface area contributed by atoms with Gasteiger partial charge in [0.25, 0.3) is 0 Å². The van der Waals surface area contributed by atoms with Crippen molar-refractivity contribution >= 4 is 10.0 Å². The monoisotopic (exact) mass is 315 g/mol. The van der Waals surface area contributed by atoms with Crippen molar-refractivity contribution in [3.8, 4) is 0 Å². The van der Waals surface area contributed by atoms with E-state index in [0.29, 0.717) is 24.9 Å². The molecule has 0 radical (unpaired) electrons. The average Bonchev–Trinajstić information content (AvgIpc) is 2.38. The summed E-state index contributed by atoms with van der Waals surface area (Å²) in [5.41, 5.74) is 0. The van der Waals surface area contributed by atoms with Crippen LogP contribution in [0.15, 0.2) is 29.2 Å². The maximum atomic E-state index is 13.0. The van der Waals surface area contributed by atoms with E-state index < -0.39 is 15.8 Å². The second kappa shape index (κ2) is 7.90. The quantitative estimate of drug-likeness (QED) is 0.729. The molecule has 0 spiro atoms. The highest BCUT2D eigenvalue weighted by Crippen LogP contribution is 2.19. The molecule has 0 aliphatic rings. The van der Waals surface area contributed by atoms with E-state index in [1.807, 2.05) is 0 Å². The Hall–Kier alpha value is -0.940. The van der Waals surface area contributed by atoms with Crippen LogP contribution in [0.5, 0.6) is 0 Å². The topological polar surface area (TPSA) is 37.4 Å². The highest BCUT2D eigenvalue weighted by Gasteiger charge is 2.24. The summed E-state index contributed by atoms with van der Waals surface area (Å²) in [6, 6.07) is 5.05. The molecule has 0 aliphatic carbocycles. The molecule has 0 atom stereocenters. The molecule has 1 rings (SSSR count). The molecule has 0 saturated carbocycles. The summed E-state index contributed by atoms with van der Waals surface area (Å²) in [4.78, 5) is 0.163. The summed E-state index contributed by atoms with van der Waals surface area (Å²) in [5, 5.41) is 0. The van der Waals surface area contributed by atoms with Gasteiger partial charge in [-0.2, -0.15) is 4.31 Å². The molecule has 0 amide bonds. The Morgan fingerprint density at radius 2 is 1.38 bits per heavy atom. The molecule has 3 nitrogen and oxygen atoms in total. The highest BCUT2D eigenvalue weighted by atomic mass is 32.2. The van der Waals surface area contributed by atoms with Crippen molar-refractivity contribution in [3.63, 3.8) is 0 Å². The van der Waals surface area contributed by atoms with Crippen molar-refractivity contribution < 1.29 is 12.8 Å². The van der Waals surface area contributed by atoms with Crippen LogP contribution in [0, 0.1) is 17.7 Å². The van der Waals surface area contributed by atoms with Gasteiger partial charge in [0.2, 0.25) is 10.0 Å². The zero-order valence-electron chi connectivity index (χ0n) is 13.3. The lowest BCUT2D eigenvalue weighted by atomic mass is 10.1. The van der Waals surface area contributed by atoms with Crippen LogP contribution >= 0.6 is 0 Å². The third-order valence-corrected chi connectivity index (χ3v) is 5.28. The molecule has 0 N–H and O–H groups in total. The van der Waals surface area contributed by atoms with Crippen LogP contribution < -0.4 is 0 Å². The molecule has 1 aromatic carbocycles. The van der Waals surface area contributed by atoms with Crippen molar-refractivity contribution in [3.05, 3.63) is 30.1 Å². The number of sulfonamides is 1. The predicted octanol–water partition coefficient (Wildman–Crippen LogP) is 3.91. The van der Waals surface area contributed by atoms with Gasteiger partial charge in [-0.05, 0) is 48.9 Å². The van der Waals surface area contributed by atoms with Crippen LogP contribution in [-0.4, -0.2) is 25.8 Å². The van der Waals surface area contributed by atoms with Crippen molar-refractivity contribution in [2.45, 2.75) is 45.4 Å². The first-order valence-electron chi connectivity index (χ1n) is 7.49. The van der Waals surface area contributed by atoms with E-state index in [1.165, 1.54) is 28.6 Å². The molecule has 0 bridgehead atoms. The highest BCUT2D eigenvalue weighted by molar-refractivity contribution is 7.89. The number of nitrogens with zero attached hydrogens (tertiary/aromatic N) is 1. The summed E-state index contributed by atoms with van der Waals surface area (Å²) in [5.74, 6) is 0.454. The number of rotatable bonds is 8. The van der Waals surface area contributed by atoms with E-state index in [2.05, 4.69) is 27.7 Å². The van der Waals surface area contributed by atoms with Crippen LogP contribution in [0.25, 0.3) is 0 Å². The minimum Gasteiger partial charge on any atom is -0.207 e. The van der Waals surface area contributed by atoms with Crippen LogP contribution in [0.2, 0.25) is 0 Å². The fourth-order valence-corrected chi connectivity index (χ4v) is 3.38. The van der Waals surface area contributed by atoms with Gasteiger partial charge in [0, 0.05) is 13.1 Å². The molecule has 0 heterocycles. The van der Waals surface area contributed by atoms with E-state index in [-0.39, 0.29) is 4.90 Å². The molecule has 0 aliphatic heterocycles. The summed E-state index contributed by atoms with van der Waals surface area (Å²) >= 11 is 0. The molecule has 0 saturated heterocycles. The van der Waals surface area contributed by atoms with Gasteiger partial charge in [-0.1, -0.05) is 27.7 Å². The smallest absolute Gasteiger partial charge is 0.207 e. The number of halogens is 1. The fourth-order valence-electron chi connectivity index (χ4n) is 1.91. The van der Waals surface area contributed by atoms with E-state index >= 15 is 0 Å². The van der Waals surface area contributed by atoms with Gasteiger partial charge >= 0.3 is 0 Å². The molecule has 21 heavy (non-hydrogen) atoms. The second-order valence-corrected chi connectivity index (χ2v) is 8.16. The number of hydrogen-bond donors (Lipinski definition) is 0. The fraction of sp³-hybridized carbons (Fsp3) is 0.625. The minimum absolute atomic E-state index is 0.163. The zero-order chi connectivity index (χ0) is 16.0. The van der Waals surface area contributed by atoms with Crippen molar-refractivity contribution in [2.24, 2.45) is 11.8 Å². The van der Waals surface area contributed by atoms with Crippen LogP contribution in [0.3, 0.4) is 0 Å². The van der Waals surface area contributed by atoms with Gasteiger partial charge in [-0.25, -0.2) is 12.8 Å². The second-order valence-electron chi connectivity index (χ2n) is 6.22. The Labute approximate surface area is 128 Å². The van der Waals surface area contributed by atoms with E-state index in [9.17, 15) is 12.8 Å². The lowest BCUT2D eigenvalue weighted by Gasteiger charge is -2.24. The Kier molecular flexibility index (Phi) is 6.81. The van der Waals surface area contributed by atoms with E-state index in [1.54, 1.807) is 0 Å². The first kappa shape index (κ1) is 18.1. The molecule has 120 valence electrons. The summed E-state index contributed by atoms with van der Waals surface area (Å²) in [6.07, 6.45) is 1.64. The molecule has 0 unspecified atom stereocenters.